The molecule has 0 aliphatic carbocycles. The Morgan fingerprint density at radius 3 is 1.43 bits per heavy atom. The smallest absolute Gasteiger partial charge is 0.306 e. The molecular formula is C47H90O7S2. The van der Waals surface area contributed by atoms with Crippen LogP contribution in [0.4, 0.5) is 0 Å². The van der Waals surface area contributed by atoms with Crippen LogP contribution in [0.25, 0.3) is 0 Å². The molecule has 0 aromatic heterocycles. The third-order valence-electron chi connectivity index (χ3n) is 11.0. The summed E-state index contributed by atoms with van der Waals surface area (Å²) in [7, 11) is 0. The Morgan fingerprint density at radius 2 is 1.00 bits per heavy atom. The van der Waals surface area contributed by atoms with E-state index in [2.05, 4.69) is 27.7 Å². The van der Waals surface area contributed by atoms with Crippen molar-refractivity contribution in [2.24, 2.45) is 0 Å². The fourth-order valence-electron chi connectivity index (χ4n) is 7.46. The van der Waals surface area contributed by atoms with Crippen molar-refractivity contribution < 1.29 is 33.6 Å². The van der Waals surface area contributed by atoms with Crippen molar-refractivity contribution >= 4 is 35.5 Å². The van der Waals surface area contributed by atoms with Crippen LogP contribution in [-0.2, 0) is 28.5 Å². The number of hydrogen-bond donors (Lipinski definition) is 1. The Labute approximate surface area is 354 Å². The van der Waals surface area contributed by atoms with Crippen molar-refractivity contribution in [3.05, 3.63) is 0 Å². The van der Waals surface area contributed by atoms with Gasteiger partial charge in [0.05, 0.1) is 12.7 Å². The number of aliphatic hydroxyl groups excluding tert-OH is 1. The van der Waals surface area contributed by atoms with Gasteiger partial charge in [-0.1, -0.05) is 130 Å². The zero-order valence-corrected chi connectivity index (χ0v) is 38.7. The van der Waals surface area contributed by atoms with E-state index in [1.165, 1.54) is 103 Å². The fourth-order valence-corrected chi connectivity index (χ4v) is 9.60. The molecular weight excluding hydrogens is 741 g/mol. The van der Waals surface area contributed by atoms with Crippen LogP contribution in [0, 0.1) is 0 Å². The summed E-state index contributed by atoms with van der Waals surface area (Å²) in [5, 5.41) is 9.63. The molecule has 0 bridgehead atoms. The monoisotopic (exact) mass is 831 g/mol. The van der Waals surface area contributed by atoms with Crippen molar-refractivity contribution in [1.82, 2.24) is 0 Å². The van der Waals surface area contributed by atoms with Gasteiger partial charge in [0.2, 0.25) is 0 Å². The molecule has 0 aromatic carbocycles. The van der Waals surface area contributed by atoms with Gasteiger partial charge in [-0.2, -0.15) is 23.5 Å². The van der Waals surface area contributed by atoms with E-state index in [-0.39, 0.29) is 36.9 Å². The van der Waals surface area contributed by atoms with E-state index >= 15 is 0 Å². The number of thioether (sulfide) groups is 2. The summed E-state index contributed by atoms with van der Waals surface area (Å²) in [4.78, 5) is 25.7. The minimum atomic E-state index is -0.643. The lowest BCUT2D eigenvalue weighted by atomic mass is 9.99. The van der Waals surface area contributed by atoms with Crippen molar-refractivity contribution in [2.45, 2.75) is 251 Å². The Balaban J connectivity index is 2.66. The summed E-state index contributed by atoms with van der Waals surface area (Å²) in [6.07, 6.45) is 32.6. The number of esters is 2. The number of carbonyl (C=O) groups excluding carboxylic acids is 2. The summed E-state index contributed by atoms with van der Waals surface area (Å²) in [5.74, 6) is 3.25. The maximum atomic E-state index is 12.8. The van der Waals surface area contributed by atoms with E-state index in [4.69, 9.17) is 18.9 Å². The topological polar surface area (TPSA) is 91.3 Å². The number of carbonyl (C=O) groups is 2. The zero-order valence-electron chi connectivity index (χ0n) is 37.1. The average Bonchev–Trinajstić information content (AvgIpc) is 3.59. The highest BCUT2D eigenvalue weighted by Gasteiger charge is 2.40. The molecule has 0 amide bonds. The Kier molecular flexibility index (Phi) is 37.0. The van der Waals surface area contributed by atoms with Crippen molar-refractivity contribution in [1.29, 1.82) is 0 Å². The minimum Gasteiger partial charge on any atom is -0.461 e. The van der Waals surface area contributed by atoms with Gasteiger partial charge in [-0.05, 0) is 82.1 Å². The molecule has 3 atom stereocenters. The maximum absolute atomic E-state index is 12.8. The lowest BCUT2D eigenvalue weighted by Gasteiger charge is -2.29. The van der Waals surface area contributed by atoms with E-state index in [0.29, 0.717) is 25.9 Å². The SMILES string of the molecule is CCCCCCCCCC(=O)OC(CCCCC1(CCCCC(CSCCCCC)OC(=O)CCCCCCCCC)OCC(CCO)O1)CSCCCCC. The van der Waals surface area contributed by atoms with Crippen molar-refractivity contribution in [3.8, 4) is 0 Å². The molecule has 0 radical (unpaired) electrons. The first-order valence-corrected chi connectivity index (χ1v) is 26.2. The third-order valence-corrected chi connectivity index (χ3v) is 13.4. The second-order valence-electron chi connectivity index (χ2n) is 16.5. The predicted molar refractivity (Wildman–Crippen MR) is 241 cm³/mol. The molecule has 1 saturated heterocycles. The first-order valence-electron chi connectivity index (χ1n) is 23.9. The van der Waals surface area contributed by atoms with Gasteiger partial charge in [0.15, 0.2) is 5.79 Å². The standard InChI is InChI=1S/C47H90O7S2/c1-5-9-13-15-17-19-21-31-45(49)52-43(40-55-37-27-11-7-3)29-23-25-34-47(51-39-42(54-47)33-36-48)35-26-24-30-44(41-56-38-28-12-8-4)53-46(50)32-22-20-18-16-14-10-6-2/h42-44,48H,5-41H2,1-4H3. The van der Waals surface area contributed by atoms with Gasteiger partial charge in [0.1, 0.15) is 12.2 Å². The molecule has 1 N–H and O–H groups in total. The van der Waals surface area contributed by atoms with Gasteiger partial charge in [-0.25, -0.2) is 0 Å². The highest BCUT2D eigenvalue weighted by molar-refractivity contribution is 7.99. The minimum absolute atomic E-state index is 0.0374. The predicted octanol–water partition coefficient (Wildman–Crippen LogP) is 13.6. The zero-order chi connectivity index (χ0) is 40.8. The van der Waals surface area contributed by atoms with Gasteiger partial charge in [-0.3, -0.25) is 9.59 Å². The molecule has 3 unspecified atom stereocenters. The fraction of sp³-hybridized carbons (Fsp3) is 0.957. The molecule has 7 nitrogen and oxygen atoms in total. The first kappa shape index (κ1) is 53.5. The van der Waals surface area contributed by atoms with E-state index in [0.717, 1.165) is 100 Å². The largest absolute Gasteiger partial charge is 0.461 e. The summed E-state index contributed by atoms with van der Waals surface area (Å²) in [5.41, 5.74) is 0. The number of hydrogen-bond acceptors (Lipinski definition) is 9. The molecule has 0 spiro atoms. The summed E-state index contributed by atoms with van der Waals surface area (Å²) < 4.78 is 25.1. The van der Waals surface area contributed by atoms with Gasteiger partial charge in [0, 0.05) is 43.8 Å². The summed E-state index contributed by atoms with van der Waals surface area (Å²) in [6, 6.07) is 0. The molecule has 1 rings (SSSR count). The highest BCUT2D eigenvalue weighted by atomic mass is 32.2. The number of rotatable bonds is 42. The normalized spacial score (nSPS) is 18.0. The molecule has 332 valence electrons. The lowest BCUT2D eigenvalue weighted by molar-refractivity contribution is -0.181. The number of ether oxygens (including phenoxy) is 4. The molecule has 56 heavy (non-hydrogen) atoms. The van der Waals surface area contributed by atoms with Crippen LogP contribution in [0.2, 0.25) is 0 Å². The van der Waals surface area contributed by atoms with Crippen LogP contribution in [0.1, 0.15) is 227 Å². The molecule has 1 fully saturated rings. The Morgan fingerprint density at radius 1 is 0.589 bits per heavy atom. The molecule has 1 aliphatic rings. The van der Waals surface area contributed by atoms with Crippen molar-refractivity contribution in [3.63, 3.8) is 0 Å². The van der Waals surface area contributed by atoms with Gasteiger partial charge < -0.3 is 24.1 Å². The van der Waals surface area contributed by atoms with E-state index in [1.54, 1.807) is 0 Å². The number of aliphatic hydroxyl groups is 1. The highest BCUT2D eigenvalue weighted by Crippen LogP contribution is 2.36. The van der Waals surface area contributed by atoms with E-state index in [9.17, 15) is 14.7 Å². The van der Waals surface area contributed by atoms with Crippen molar-refractivity contribution in [2.75, 3.05) is 36.2 Å². The molecule has 0 saturated carbocycles. The van der Waals surface area contributed by atoms with E-state index < -0.39 is 5.79 Å². The lowest BCUT2D eigenvalue weighted by Crippen LogP contribution is -2.31. The van der Waals surface area contributed by atoms with Crippen LogP contribution in [0.15, 0.2) is 0 Å². The summed E-state index contributed by atoms with van der Waals surface area (Å²) in [6.45, 7) is 9.56. The van der Waals surface area contributed by atoms with Crippen LogP contribution in [-0.4, -0.2) is 77.4 Å². The Hall–Kier alpha value is -0.480. The van der Waals surface area contributed by atoms with Gasteiger partial charge >= 0.3 is 11.9 Å². The second-order valence-corrected chi connectivity index (χ2v) is 18.8. The average molecular weight is 831 g/mol. The first-order chi connectivity index (χ1) is 27.4. The molecule has 0 aromatic rings. The van der Waals surface area contributed by atoms with Gasteiger partial charge in [-0.15, -0.1) is 0 Å². The number of unbranched alkanes of at least 4 members (excludes halogenated alkanes) is 18. The maximum Gasteiger partial charge on any atom is 0.306 e. The quantitative estimate of drug-likeness (QED) is 0.0477. The summed E-state index contributed by atoms with van der Waals surface area (Å²) >= 11 is 3.85. The van der Waals surface area contributed by atoms with Crippen LogP contribution < -0.4 is 0 Å². The molecule has 1 heterocycles. The van der Waals surface area contributed by atoms with Crippen LogP contribution in [0.5, 0.6) is 0 Å². The molecule has 1 aliphatic heterocycles. The van der Waals surface area contributed by atoms with Gasteiger partial charge in [0.25, 0.3) is 0 Å². The molecule has 9 heteroatoms. The van der Waals surface area contributed by atoms with Crippen LogP contribution >= 0.6 is 23.5 Å². The third kappa shape index (κ3) is 30.5. The second kappa shape index (κ2) is 38.7. The van der Waals surface area contributed by atoms with E-state index in [1.807, 2.05) is 23.5 Å². The Bertz CT molecular complexity index is 833. The van der Waals surface area contributed by atoms with Crippen LogP contribution in [0.3, 0.4) is 0 Å².